The standard InChI is InChI=1S/C9H6BrNO3S/c10-4-5-7(6-2-1-3-15-6)11-14-8(5)9(12)13/h1-3H,4H2,(H,12,13). The summed E-state index contributed by atoms with van der Waals surface area (Å²) in [6.45, 7) is 0. The lowest BCUT2D eigenvalue weighted by molar-refractivity contribution is 0.0651. The van der Waals surface area contributed by atoms with Gasteiger partial charge in [-0.25, -0.2) is 4.79 Å². The lowest BCUT2D eigenvalue weighted by Gasteiger charge is -1.93. The van der Waals surface area contributed by atoms with Crippen LogP contribution in [-0.4, -0.2) is 16.2 Å². The predicted octanol–water partition coefficient (Wildman–Crippen LogP) is 3.00. The molecule has 0 saturated heterocycles. The van der Waals surface area contributed by atoms with Crippen molar-refractivity contribution in [3.8, 4) is 10.6 Å². The van der Waals surface area contributed by atoms with Gasteiger partial charge in [-0.15, -0.1) is 11.3 Å². The van der Waals surface area contributed by atoms with Gasteiger partial charge in [0.15, 0.2) is 0 Å². The Morgan fingerprint density at radius 3 is 3.00 bits per heavy atom. The number of thiophene rings is 1. The van der Waals surface area contributed by atoms with Gasteiger partial charge in [-0.2, -0.15) is 0 Å². The second kappa shape index (κ2) is 4.16. The fourth-order valence-corrected chi connectivity index (χ4v) is 2.46. The van der Waals surface area contributed by atoms with Crippen LogP contribution in [0.4, 0.5) is 0 Å². The first kappa shape index (κ1) is 10.4. The Kier molecular flexibility index (Phi) is 2.88. The highest BCUT2D eigenvalue weighted by molar-refractivity contribution is 9.08. The van der Waals surface area contributed by atoms with E-state index in [1.54, 1.807) is 0 Å². The molecule has 0 aliphatic heterocycles. The van der Waals surface area contributed by atoms with E-state index in [9.17, 15) is 4.79 Å². The number of aromatic carboxylic acids is 1. The number of carboxylic acid groups (broad SMARTS) is 1. The van der Waals surface area contributed by atoms with Crippen molar-refractivity contribution in [1.82, 2.24) is 5.16 Å². The molecule has 0 aliphatic carbocycles. The van der Waals surface area contributed by atoms with Crippen molar-refractivity contribution in [2.75, 3.05) is 0 Å². The average molecular weight is 288 g/mol. The second-order valence-corrected chi connectivity index (χ2v) is 4.26. The molecule has 0 radical (unpaired) electrons. The van der Waals surface area contributed by atoms with Crippen LogP contribution in [-0.2, 0) is 5.33 Å². The van der Waals surface area contributed by atoms with E-state index < -0.39 is 5.97 Å². The molecule has 4 nitrogen and oxygen atoms in total. The van der Waals surface area contributed by atoms with Gasteiger partial charge in [0.05, 0.1) is 4.88 Å². The first-order chi connectivity index (χ1) is 7.24. The molecule has 1 N–H and O–H groups in total. The molecule has 78 valence electrons. The zero-order chi connectivity index (χ0) is 10.8. The van der Waals surface area contributed by atoms with Crippen LogP contribution in [0.25, 0.3) is 10.6 Å². The van der Waals surface area contributed by atoms with Crippen molar-refractivity contribution in [2.45, 2.75) is 5.33 Å². The van der Waals surface area contributed by atoms with Crippen LogP contribution in [0.2, 0.25) is 0 Å². The summed E-state index contributed by atoms with van der Waals surface area (Å²) in [5.74, 6) is -1.20. The summed E-state index contributed by atoms with van der Waals surface area (Å²) in [5.41, 5.74) is 1.17. The highest BCUT2D eigenvalue weighted by Gasteiger charge is 2.21. The predicted molar refractivity (Wildman–Crippen MR) is 59.4 cm³/mol. The number of hydrogen-bond donors (Lipinski definition) is 1. The van der Waals surface area contributed by atoms with Crippen LogP contribution in [0.5, 0.6) is 0 Å². The molecule has 0 spiro atoms. The maximum absolute atomic E-state index is 10.8. The fourth-order valence-electron chi connectivity index (χ4n) is 1.21. The van der Waals surface area contributed by atoms with E-state index in [0.29, 0.717) is 16.6 Å². The Balaban J connectivity index is 2.54. The van der Waals surface area contributed by atoms with Crippen molar-refractivity contribution in [2.24, 2.45) is 0 Å². The molecule has 0 aromatic carbocycles. The molecule has 0 bridgehead atoms. The molecule has 2 rings (SSSR count). The van der Waals surface area contributed by atoms with E-state index in [1.165, 1.54) is 11.3 Å². The van der Waals surface area contributed by atoms with E-state index in [1.807, 2.05) is 17.5 Å². The summed E-state index contributed by atoms with van der Waals surface area (Å²) in [6.07, 6.45) is 0. The number of hydrogen-bond acceptors (Lipinski definition) is 4. The van der Waals surface area contributed by atoms with Gasteiger partial charge >= 0.3 is 5.97 Å². The highest BCUT2D eigenvalue weighted by Crippen LogP contribution is 2.30. The summed E-state index contributed by atoms with van der Waals surface area (Å²) in [5, 5.41) is 14.9. The summed E-state index contributed by atoms with van der Waals surface area (Å²) in [4.78, 5) is 11.7. The van der Waals surface area contributed by atoms with Crippen molar-refractivity contribution in [3.05, 3.63) is 28.8 Å². The van der Waals surface area contributed by atoms with Crippen LogP contribution >= 0.6 is 27.3 Å². The lowest BCUT2D eigenvalue weighted by atomic mass is 10.2. The molecular formula is C9H6BrNO3S. The molecule has 15 heavy (non-hydrogen) atoms. The third kappa shape index (κ3) is 1.82. The van der Waals surface area contributed by atoms with Crippen LogP contribution in [0.15, 0.2) is 22.0 Å². The van der Waals surface area contributed by atoms with E-state index >= 15 is 0 Å². The van der Waals surface area contributed by atoms with Gasteiger partial charge in [-0.3, -0.25) is 0 Å². The van der Waals surface area contributed by atoms with Crippen LogP contribution < -0.4 is 0 Å². The van der Waals surface area contributed by atoms with Crippen molar-refractivity contribution in [3.63, 3.8) is 0 Å². The number of rotatable bonds is 3. The molecule has 0 fully saturated rings. The zero-order valence-electron chi connectivity index (χ0n) is 7.44. The van der Waals surface area contributed by atoms with Gasteiger partial charge in [0.2, 0.25) is 5.76 Å². The molecule has 2 aromatic rings. The maximum atomic E-state index is 10.8. The number of halogens is 1. The van der Waals surface area contributed by atoms with Crippen molar-refractivity contribution < 1.29 is 14.4 Å². The van der Waals surface area contributed by atoms with E-state index in [-0.39, 0.29) is 5.76 Å². The van der Waals surface area contributed by atoms with Crippen LogP contribution in [0.1, 0.15) is 16.1 Å². The summed E-state index contributed by atoms with van der Waals surface area (Å²) >= 11 is 4.73. The minimum Gasteiger partial charge on any atom is -0.475 e. The normalized spacial score (nSPS) is 10.5. The largest absolute Gasteiger partial charge is 0.475 e. The minimum absolute atomic E-state index is 0.102. The number of alkyl halides is 1. The SMILES string of the molecule is O=C(O)c1onc(-c2cccs2)c1CBr. The summed E-state index contributed by atoms with van der Waals surface area (Å²) in [6, 6.07) is 3.76. The van der Waals surface area contributed by atoms with Gasteiger partial charge < -0.3 is 9.63 Å². The maximum Gasteiger partial charge on any atom is 0.375 e. The lowest BCUT2D eigenvalue weighted by Crippen LogP contribution is -1.97. The number of carbonyl (C=O) groups is 1. The van der Waals surface area contributed by atoms with Crippen LogP contribution in [0.3, 0.4) is 0 Å². The van der Waals surface area contributed by atoms with E-state index in [4.69, 9.17) is 9.63 Å². The zero-order valence-corrected chi connectivity index (χ0v) is 9.84. The highest BCUT2D eigenvalue weighted by atomic mass is 79.9. The first-order valence-electron chi connectivity index (χ1n) is 4.05. The number of aromatic nitrogens is 1. The van der Waals surface area contributed by atoms with Gasteiger partial charge in [0.1, 0.15) is 5.69 Å². The summed E-state index contributed by atoms with van der Waals surface area (Å²) in [7, 11) is 0. The van der Waals surface area contributed by atoms with Gasteiger partial charge in [0.25, 0.3) is 0 Å². The third-order valence-corrected chi connectivity index (χ3v) is 3.31. The molecule has 0 unspecified atom stereocenters. The number of nitrogens with zero attached hydrogens (tertiary/aromatic N) is 1. The van der Waals surface area contributed by atoms with Crippen molar-refractivity contribution in [1.29, 1.82) is 0 Å². The van der Waals surface area contributed by atoms with Crippen LogP contribution in [0, 0.1) is 0 Å². The average Bonchev–Trinajstić information content (AvgIpc) is 2.85. The Bertz CT molecular complexity index is 478. The molecule has 0 aliphatic rings. The molecule has 0 atom stereocenters. The molecule has 6 heteroatoms. The molecule has 2 heterocycles. The van der Waals surface area contributed by atoms with Gasteiger partial charge in [-0.05, 0) is 11.4 Å². The molecule has 2 aromatic heterocycles. The first-order valence-corrected chi connectivity index (χ1v) is 6.06. The summed E-state index contributed by atoms with van der Waals surface area (Å²) < 4.78 is 4.80. The molecular weight excluding hydrogens is 282 g/mol. The van der Waals surface area contributed by atoms with Crippen molar-refractivity contribution >= 4 is 33.2 Å². The Hall–Kier alpha value is -1.14. The Morgan fingerprint density at radius 1 is 1.67 bits per heavy atom. The second-order valence-electron chi connectivity index (χ2n) is 2.75. The van der Waals surface area contributed by atoms with E-state index in [0.717, 1.165) is 4.88 Å². The fraction of sp³-hybridized carbons (Fsp3) is 0.111. The number of carboxylic acids is 1. The Labute approximate surface area is 97.6 Å². The topological polar surface area (TPSA) is 63.3 Å². The molecule has 0 amide bonds. The third-order valence-electron chi connectivity index (χ3n) is 1.87. The Morgan fingerprint density at radius 2 is 2.47 bits per heavy atom. The minimum atomic E-state index is -1.10. The van der Waals surface area contributed by atoms with Gasteiger partial charge in [0, 0.05) is 10.9 Å². The van der Waals surface area contributed by atoms with Gasteiger partial charge in [-0.1, -0.05) is 27.2 Å². The monoisotopic (exact) mass is 287 g/mol. The molecule has 0 saturated carbocycles. The van der Waals surface area contributed by atoms with E-state index in [2.05, 4.69) is 21.1 Å². The smallest absolute Gasteiger partial charge is 0.375 e. The quantitative estimate of drug-likeness (QED) is 0.882.